The number of ether oxygens (including phenoxy) is 2. The summed E-state index contributed by atoms with van der Waals surface area (Å²) in [6.45, 7) is 5.47. The molecule has 3 aromatic carbocycles. The molecule has 0 atom stereocenters. The van der Waals surface area contributed by atoms with Gasteiger partial charge >= 0.3 is 0 Å². The maximum atomic E-state index is 11.5. The summed E-state index contributed by atoms with van der Waals surface area (Å²) in [6.07, 6.45) is 13.6. The summed E-state index contributed by atoms with van der Waals surface area (Å²) in [5.41, 5.74) is 34.3. The first-order valence-corrected chi connectivity index (χ1v) is 18.5. The highest BCUT2D eigenvalue weighted by Crippen LogP contribution is 2.24. The van der Waals surface area contributed by atoms with Gasteiger partial charge in [-0.3, -0.25) is 20.2 Å². The van der Waals surface area contributed by atoms with Crippen LogP contribution in [-0.4, -0.2) is 23.1 Å². The third-order valence-electron chi connectivity index (χ3n) is 8.39. The lowest BCUT2D eigenvalue weighted by atomic mass is 10.1. The lowest BCUT2D eigenvalue weighted by Crippen LogP contribution is -2.23. The van der Waals surface area contributed by atoms with E-state index in [1.165, 1.54) is 87.8 Å². The standard InChI is InChI=1S/C46H42N2O6/c1-3-5-7-9-11-19-31-53-45-35-41-25-15-13-21-37-27-29-43(47(49)50)33-39(37)23-17-18-24-40-34-44(48(51)52)30-28-38(40)22-14-16-26-42(41)36-46(45)54-32-20-12-10-8-6-4-2/h27-30,33-36H,3-12,19-20,31-32H2,1-2H3. The number of benzene rings is 3. The number of hydrogen-bond donors (Lipinski definition) is 0. The second-order valence-electron chi connectivity index (χ2n) is 12.6. The highest BCUT2D eigenvalue weighted by atomic mass is 16.6. The predicted octanol–water partition coefficient (Wildman–Crippen LogP) is 6.27. The monoisotopic (exact) mass is 718 g/mol. The summed E-state index contributed by atoms with van der Waals surface area (Å²) in [4.78, 5) is 22.0. The van der Waals surface area contributed by atoms with Gasteiger partial charge in [0.15, 0.2) is 11.5 Å². The Morgan fingerprint density at radius 1 is 0.444 bits per heavy atom. The average molecular weight is 719 g/mol. The van der Waals surface area contributed by atoms with Crippen molar-refractivity contribution in [2.45, 2.75) is 90.9 Å². The smallest absolute Gasteiger partial charge is 0.270 e. The highest BCUT2D eigenvalue weighted by Gasteiger charge is 2.08. The third kappa shape index (κ3) is 13.2. The van der Waals surface area contributed by atoms with Crippen molar-refractivity contribution in [1.82, 2.24) is 0 Å². The van der Waals surface area contributed by atoms with Crippen LogP contribution in [-0.2, 0) is 0 Å². The molecule has 8 heteroatoms. The number of fused-ring (bicyclic) bond motifs is 3. The Kier molecular flexibility index (Phi) is 16.7. The van der Waals surface area contributed by atoms with Gasteiger partial charge in [-0.1, -0.05) is 112 Å². The Balaban J connectivity index is 2.03. The normalized spacial score (nSPS) is 10.6. The Labute approximate surface area is 314 Å². The van der Waals surface area contributed by atoms with Crippen LogP contribution in [0.15, 0.2) is 82.9 Å². The van der Waals surface area contributed by atoms with Crippen LogP contribution in [0.25, 0.3) is 34.4 Å². The van der Waals surface area contributed by atoms with E-state index in [1.54, 1.807) is 0 Å². The van der Waals surface area contributed by atoms with Crippen LogP contribution in [0.4, 0.5) is 11.4 Å². The lowest BCUT2D eigenvalue weighted by molar-refractivity contribution is -0.385. The zero-order chi connectivity index (χ0) is 38.4. The molecular formula is C46H42N2O6. The molecule has 0 spiro atoms. The maximum absolute atomic E-state index is 11.5. The largest absolute Gasteiger partial charge is 0.490 e. The fraction of sp³-hybridized carbons (Fsp3) is 0.348. The number of unbranched alkanes of at least 4 members (excludes halogenated alkanes) is 10. The SMILES string of the molecule is CCCCCCCCOc1cc2c(cc1OCCCCCCCC)=C=C=C=C=c1ccc([N+](=O)[O-])cc1=C=C=C=C=c1cc([N+](=O)[O-])ccc1=C=C=C=C=2. The first-order chi connectivity index (χ1) is 26.4. The van der Waals surface area contributed by atoms with Crippen molar-refractivity contribution < 1.29 is 19.3 Å². The summed E-state index contributed by atoms with van der Waals surface area (Å²) >= 11 is 0. The van der Waals surface area contributed by atoms with E-state index in [0.717, 1.165) is 25.7 Å². The number of nitro groups is 2. The minimum Gasteiger partial charge on any atom is -0.490 e. The number of nitro benzene ring substituents is 2. The van der Waals surface area contributed by atoms with E-state index in [2.05, 4.69) is 82.6 Å². The fourth-order valence-corrected chi connectivity index (χ4v) is 5.43. The molecule has 3 aromatic rings. The molecule has 0 aliphatic heterocycles. The first kappa shape index (κ1) is 40.2. The molecule has 1 aliphatic rings. The first-order valence-electron chi connectivity index (χ1n) is 18.5. The van der Waals surface area contributed by atoms with Gasteiger partial charge in [0.2, 0.25) is 0 Å². The molecule has 0 radical (unpaired) electrons. The van der Waals surface area contributed by atoms with Crippen molar-refractivity contribution in [3.63, 3.8) is 0 Å². The molecule has 0 N–H and O–H groups in total. The van der Waals surface area contributed by atoms with E-state index in [-0.39, 0.29) is 21.8 Å². The van der Waals surface area contributed by atoms with E-state index >= 15 is 0 Å². The topological polar surface area (TPSA) is 105 Å². The van der Waals surface area contributed by atoms with Gasteiger partial charge in [0.05, 0.1) is 23.1 Å². The van der Waals surface area contributed by atoms with Crippen molar-refractivity contribution in [3.05, 3.63) is 134 Å². The number of nitrogens with zero attached hydrogens (tertiary/aromatic N) is 2. The summed E-state index contributed by atoms with van der Waals surface area (Å²) in [5.74, 6) is 1.15. The molecule has 0 saturated heterocycles. The zero-order valence-corrected chi connectivity index (χ0v) is 30.9. The zero-order valence-electron chi connectivity index (χ0n) is 30.9. The molecule has 1 aliphatic carbocycles. The van der Waals surface area contributed by atoms with Crippen molar-refractivity contribution >= 4 is 45.8 Å². The average Bonchev–Trinajstić information content (AvgIpc) is 3.17. The second-order valence-corrected chi connectivity index (χ2v) is 12.6. The molecule has 4 rings (SSSR count). The molecule has 54 heavy (non-hydrogen) atoms. The Bertz CT molecular complexity index is 2460. The molecule has 0 heterocycles. The number of rotatable bonds is 18. The second kappa shape index (κ2) is 22.4. The van der Waals surface area contributed by atoms with E-state index in [9.17, 15) is 20.2 Å². The minimum absolute atomic E-state index is 0.155. The van der Waals surface area contributed by atoms with Gasteiger partial charge in [-0.05, 0) is 59.4 Å². The summed E-state index contributed by atoms with van der Waals surface area (Å²) in [7, 11) is 0. The highest BCUT2D eigenvalue weighted by molar-refractivity contribution is 5.46. The Hall–Kier alpha value is -6.58. The summed E-state index contributed by atoms with van der Waals surface area (Å²) in [6, 6.07) is 12.0. The van der Waals surface area contributed by atoms with Crippen LogP contribution >= 0.6 is 0 Å². The van der Waals surface area contributed by atoms with Gasteiger partial charge < -0.3 is 9.47 Å². The molecule has 272 valence electrons. The molecule has 0 amide bonds. The van der Waals surface area contributed by atoms with Crippen molar-refractivity contribution in [1.29, 1.82) is 0 Å². The minimum atomic E-state index is -0.518. The van der Waals surface area contributed by atoms with Crippen LogP contribution in [0.3, 0.4) is 0 Å². The van der Waals surface area contributed by atoms with E-state index in [0.29, 0.717) is 45.6 Å². The number of hydrogen-bond acceptors (Lipinski definition) is 6. The van der Waals surface area contributed by atoms with Crippen molar-refractivity contribution in [2.24, 2.45) is 0 Å². The van der Waals surface area contributed by atoms with E-state index in [1.807, 2.05) is 12.1 Å². The predicted molar refractivity (Wildman–Crippen MR) is 210 cm³/mol. The van der Waals surface area contributed by atoms with Crippen LogP contribution in [0.2, 0.25) is 0 Å². The van der Waals surface area contributed by atoms with Gasteiger partial charge in [0.1, 0.15) is 0 Å². The molecule has 0 aromatic heterocycles. The van der Waals surface area contributed by atoms with Crippen LogP contribution in [0.1, 0.15) is 90.9 Å². The summed E-state index contributed by atoms with van der Waals surface area (Å²) in [5, 5.41) is 25.6. The molecule has 0 unspecified atom stereocenters. The summed E-state index contributed by atoms with van der Waals surface area (Å²) < 4.78 is 12.6. The molecule has 8 nitrogen and oxygen atoms in total. The quantitative estimate of drug-likeness (QED) is 0.0520. The van der Waals surface area contributed by atoms with Gasteiger partial charge in [-0.25, -0.2) is 0 Å². The van der Waals surface area contributed by atoms with Gasteiger partial charge in [-0.2, -0.15) is 0 Å². The Morgan fingerprint density at radius 2 is 0.759 bits per heavy atom. The van der Waals surface area contributed by atoms with E-state index in [4.69, 9.17) is 9.47 Å². The molecule has 0 saturated carbocycles. The van der Waals surface area contributed by atoms with Crippen LogP contribution < -0.4 is 40.8 Å². The van der Waals surface area contributed by atoms with Crippen molar-refractivity contribution in [2.75, 3.05) is 13.2 Å². The van der Waals surface area contributed by atoms with Crippen molar-refractivity contribution in [3.8, 4) is 11.5 Å². The van der Waals surface area contributed by atoms with E-state index < -0.39 is 9.85 Å². The molecule has 0 bridgehead atoms. The third-order valence-corrected chi connectivity index (χ3v) is 8.39. The van der Waals surface area contributed by atoms with Gasteiger partial charge in [0, 0.05) is 67.7 Å². The number of non-ortho nitro benzene ring substituents is 2. The van der Waals surface area contributed by atoms with Crippen LogP contribution in [0.5, 0.6) is 11.5 Å². The molecular weight excluding hydrogens is 677 g/mol. The fourth-order valence-electron chi connectivity index (χ4n) is 5.43. The van der Waals surface area contributed by atoms with Gasteiger partial charge in [0.25, 0.3) is 11.4 Å². The molecule has 0 fully saturated rings. The Morgan fingerprint density at radius 3 is 1.11 bits per heavy atom. The van der Waals surface area contributed by atoms with Crippen LogP contribution in [0, 0.1) is 20.2 Å². The maximum Gasteiger partial charge on any atom is 0.270 e. The van der Waals surface area contributed by atoms with Gasteiger partial charge in [-0.15, -0.1) is 0 Å². The lowest BCUT2D eigenvalue weighted by Gasteiger charge is -2.13.